The second kappa shape index (κ2) is 12.7. The van der Waals surface area contributed by atoms with Gasteiger partial charge in [0.15, 0.2) is 0 Å². The van der Waals surface area contributed by atoms with Crippen molar-refractivity contribution in [1.82, 2.24) is 10.2 Å². The smallest absolute Gasteiger partial charge is 0.264 e. The summed E-state index contributed by atoms with van der Waals surface area (Å²) in [5.74, 6) is -1.65. The Bertz CT molecular complexity index is 1320. The molecule has 3 aromatic rings. The van der Waals surface area contributed by atoms with E-state index in [1.165, 1.54) is 23.1 Å². The lowest BCUT2D eigenvalue weighted by Gasteiger charge is -2.33. The molecule has 1 unspecified atom stereocenters. The van der Waals surface area contributed by atoms with Crippen LogP contribution in [0.15, 0.2) is 83.8 Å². The number of likely N-dealkylation sites (N-methyl/N-ethyl adjacent to an activating group) is 1. The summed E-state index contributed by atoms with van der Waals surface area (Å²) < 4.78 is 42.1. The molecule has 196 valence electrons. The second-order valence-electron chi connectivity index (χ2n) is 8.25. The van der Waals surface area contributed by atoms with Gasteiger partial charge in [-0.25, -0.2) is 12.8 Å². The van der Waals surface area contributed by atoms with Crippen molar-refractivity contribution in [2.45, 2.75) is 37.8 Å². The number of amides is 2. The third-order valence-electron chi connectivity index (χ3n) is 5.73. The van der Waals surface area contributed by atoms with Gasteiger partial charge in [-0.1, -0.05) is 67.1 Å². The Morgan fingerprint density at radius 2 is 1.59 bits per heavy atom. The molecule has 0 heterocycles. The average Bonchev–Trinajstić information content (AvgIpc) is 2.90. The van der Waals surface area contributed by atoms with Crippen LogP contribution in [-0.2, 0) is 26.2 Å². The fourth-order valence-corrected chi connectivity index (χ4v) is 5.48. The van der Waals surface area contributed by atoms with Crippen LogP contribution in [0.2, 0.25) is 5.02 Å². The summed E-state index contributed by atoms with van der Waals surface area (Å²) in [6.45, 7) is 3.41. The van der Waals surface area contributed by atoms with Gasteiger partial charge in [-0.2, -0.15) is 0 Å². The van der Waals surface area contributed by atoms with Gasteiger partial charge in [0.25, 0.3) is 10.0 Å². The van der Waals surface area contributed by atoms with Crippen LogP contribution in [0.4, 0.5) is 10.1 Å². The maximum absolute atomic E-state index is 13.9. The van der Waals surface area contributed by atoms with Gasteiger partial charge in [-0.3, -0.25) is 13.9 Å². The van der Waals surface area contributed by atoms with Crippen molar-refractivity contribution in [3.05, 3.63) is 95.3 Å². The molecule has 0 aromatic heterocycles. The minimum Gasteiger partial charge on any atom is -0.355 e. The summed E-state index contributed by atoms with van der Waals surface area (Å²) in [6.07, 6.45) is 0.318. The van der Waals surface area contributed by atoms with Crippen LogP contribution in [0.25, 0.3) is 0 Å². The van der Waals surface area contributed by atoms with Crippen LogP contribution in [-0.4, -0.2) is 44.3 Å². The average molecular weight is 546 g/mol. The fraction of sp³-hybridized carbons (Fsp3) is 0.259. The number of carbonyl (C=O) groups is 2. The Kier molecular flexibility index (Phi) is 9.66. The fourth-order valence-electron chi connectivity index (χ4n) is 3.88. The molecule has 37 heavy (non-hydrogen) atoms. The molecule has 3 aromatic carbocycles. The quantitative estimate of drug-likeness (QED) is 0.381. The van der Waals surface area contributed by atoms with Crippen molar-refractivity contribution in [2.24, 2.45) is 0 Å². The predicted octanol–water partition coefficient (Wildman–Crippen LogP) is 4.62. The molecule has 0 saturated heterocycles. The van der Waals surface area contributed by atoms with Crippen LogP contribution in [0.3, 0.4) is 0 Å². The zero-order chi connectivity index (χ0) is 27.0. The van der Waals surface area contributed by atoms with Crippen LogP contribution < -0.4 is 9.62 Å². The van der Waals surface area contributed by atoms with E-state index in [1.54, 1.807) is 32.0 Å². The molecule has 0 aliphatic rings. The van der Waals surface area contributed by atoms with Gasteiger partial charge < -0.3 is 10.2 Å². The maximum Gasteiger partial charge on any atom is 0.264 e. The number of hydrogen-bond donors (Lipinski definition) is 1. The number of carbonyl (C=O) groups excluding carboxylic acids is 2. The molecule has 10 heteroatoms. The van der Waals surface area contributed by atoms with Gasteiger partial charge in [0.2, 0.25) is 11.8 Å². The van der Waals surface area contributed by atoms with E-state index >= 15 is 0 Å². The highest BCUT2D eigenvalue weighted by atomic mass is 35.5. The summed E-state index contributed by atoms with van der Waals surface area (Å²) in [4.78, 5) is 28.0. The third-order valence-corrected chi connectivity index (χ3v) is 7.81. The van der Waals surface area contributed by atoms with Crippen molar-refractivity contribution in [1.29, 1.82) is 0 Å². The van der Waals surface area contributed by atoms with Gasteiger partial charge in [-0.15, -0.1) is 0 Å². The summed E-state index contributed by atoms with van der Waals surface area (Å²) >= 11 is 5.96. The Morgan fingerprint density at radius 3 is 2.16 bits per heavy atom. The van der Waals surface area contributed by atoms with Crippen LogP contribution >= 0.6 is 11.6 Å². The van der Waals surface area contributed by atoms with Crippen LogP contribution in [0, 0.1) is 5.82 Å². The first-order chi connectivity index (χ1) is 17.7. The molecule has 0 fully saturated rings. The van der Waals surface area contributed by atoms with E-state index in [-0.39, 0.29) is 28.1 Å². The Balaban J connectivity index is 2.06. The lowest BCUT2D eigenvalue weighted by Crippen LogP contribution is -2.52. The molecule has 0 saturated carbocycles. The van der Waals surface area contributed by atoms with E-state index in [4.69, 9.17) is 11.6 Å². The van der Waals surface area contributed by atoms with Gasteiger partial charge >= 0.3 is 0 Å². The van der Waals surface area contributed by atoms with Crippen molar-refractivity contribution < 1.29 is 22.4 Å². The Hall–Kier alpha value is -3.43. The van der Waals surface area contributed by atoms with E-state index in [2.05, 4.69) is 5.32 Å². The van der Waals surface area contributed by atoms with Crippen molar-refractivity contribution in [3.8, 4) is 0 Å². The highest BCUT2D eigenvalue weighted by Gasteiger charge is 2.33. The van der Waals surface area contributed by atoms with E-state index < -0.39 is 34.3 Å². The summed E-state index contributed by atoms with van der Waals surface area (Å²) in [6, 6.07) is 19.3. The van der Waals surface area contributed by atoms with Gasteiger partial charge in [0.1, 0.15) is 18.4 Å². The minimum atomic E-state index is -4.24. The molecule has 2 amide bonds. The molecule has 0 aliphatic carbocycles. The summed E-state index contributed by atoms with van der Waals surface area (Å²) in [7, 11) is -4.24. The standard InChI is InChI=1S/C27H29ClFN3O4S/c1-3-25(27(34)30-4-2)31(18-20-11-7-5-8-12-20)26(33)19-32(21-15-16-24(29)23(28)17-21)37(35,36)22-13-9-6-10-14-22/h5-17,25H,3-4,18-19H2,1-2H3,(H,30,34). The number of sulfonamides is 1. The Morgan fingerprint density at radius 1 is 0.973 bits per heavy atom. The highest BCUT2D eigenvalue weighted by molar-refractivity contribution is 7.92. The lowest BCUT2D eigenvalue weighted by molar-refractivity contribution is -0.140. The summed E-state index contributed by atoms with van der Waals surface area (Å²) in [5.41, 5.74) is 0.801. The monoisotopic (exact) mass is 545 g/mol. The van der Waals surface area contributed by atoms with Gasteiger partial charge in [0, 0.05) is 13.1 Å². The number of anilines is 1. The number of nitrogens with zero attached hydrogens (tertiary/aromatic N) is 2. The molecule has 0 radical (unpaired) electrons. The normalized spacial score (nSPS) is 12.0. The second-order valence-corrected chi connectivity index (χ2v) is 10.5. The zero-order valence-corrected chi connectivity index (χ0v) is 22.2. The van der Waals surface area contributed by atoms with E-state index in [0.717, 1.165) is 22.0 Å². The molecule has 7 nitrogen and oxygen atoms in total. The van der Waals surface area contributed by atoms with E-state index in [9.17, 15) is 22.4 Å². The molecule has 3 rings (SSSR count). The van der Waals surface area contributed by atoms with Gasteiger partial charge in [0.05, 0.1) is 15.6 Å². The predicted molar refractivity (Wildman–Crippen MR) is 142 cm³/mol. The largest absolute Gasteiger partial charge is 0.355 e. The molecule has 0 spiro atoms. The number of rotatable bonds is 11. The van der Waals surface area contributed by atoms with Crippen LogP contribution in [0.1, 0.15) is 25.8 Å². The number of nitrogens with one attached hydrogen (secondary N) is 1. The first kappa shape index (κ1) is 28.1. The number of benzene rings is 3. The van der Waals surface area contributed by atoms with E-state index in [0.29, 0.717) is 13.0 Å². The zero-order valence-electron chi connectivity index (χ0n) is 20.6. The minimum absolute atomic E-state index is 0.0225. The van der Waals surface area contributed by atoms with Crippen molar-refractivity contribution in [3.63, 3.8) is 0 Å². The Labute approximate surface area is 221 Å². The molecule has 0 aliphatic heterocycles. The number of hydrogen-bond acceptors (Lipinski definition) is 4. The third kappa shape index (κ3) is 6.87. The SMILES string of the molecule is CCNC(=O)C(CC)N(Cc1ccccc1)C(=O)CN(c1ccc(F)c(Cl)c1)S(=O)(=O)c1ccccc1. The highest BCUT2D eigenvalue weighted by Crippen LogP contribution is 2.28. The summed E-state index contributed by atoms with van der Waals surface area (Å²) in [5, 5.41) is 2.46. The van der Waals surface area contributed by atoms with Crippen LogP contribution in [0.5, 0.6) is 0 Å². The van der Waals surface area contributed by atoms with E-state index in [1.807, 2.05) is 30.3 Å². The van der Waals surface area contributed by atoms with Gasteiger partial charge in [-0.05, 0) is 49.2 Å². The molecule has 1 N–H and O–H groups in total. The molecule has 0 bridgehead atoms. The topological polar surface area (TPSA) is 86.8 Å². The first-order valence-electron chi connectivity index (χ1n) is 11.8. The van der Waals surface area contributed by atoms with Crippen molar-refractivity contribution >= 4 is 39.1 Å². The lowest BCUT2D eigenvalue weighted by atomic mass is 10.1. The maximum atomic E-state index is 13.9. The molecular formula is C27H29ClFN3O4S. The molecule has 1 atom stereocenters. The van der Waals surface area contributed by atoms with Crippen molar-refractivity contribution in [2.75, 3.05) is 17.4 Å². The number of halogens is 2. The molecular weight excluding hydrogens is 517 g/mol. The first-order valence-corrected chi connectivity index (χ1v) is 13.6.